The molecule has 0 aromatic rings. The van der Waals surface area contributed by atoms with E-state index in [4.69, 9.17) is 19.9 Å². The first-order chi connectivity index (χ1) is 10.4. The molecule has 0 bridgehead atoms. The number of hydrogen-bond donors (Lipinski definition) is 2. The molecule has 0 aromatic heterocycles. The molecule has 7 heteroatoms. The summed E-state index contributed by atoms with van der Waals surface area (Å²) in [4.78, 5) is 15.6. The average Bonchev–Trinajstić information content (AvgIpc) is 2.92. The van der Waals surface area contributed by atoms with Crippen LogP contribution in [0.5, 0.6) is 0 Å². The molecule has 2 saturated heterocycles. The summed E-state index contributed by atoms with van der Waals surface area (Å²) in [6.45, 7) is 5.22. The van der Waals surface area contributed by atoms with Crippen molar-refractivity contribution in [3.63, 3.8) is 0 Å². The zero-order chi connectivity index (χ0) is 16.3. The number of ether oxygens (including phenoxy) is 3. The first-order valence-corrected chi connectivity index (χ1v) is 7.16. The molecule has 7 nitrogen and oxygen atoms in total. The molecule has 2 heterocycles. The molecule has 4 atom stereocenters. The number of carbonyl (C=O) groups excluding carboxylic acids is 1. The third-order valence-corrected chi connectivity index (χ3v) is 3.42. The molecule has 2 unspecified atom stereocenters. The highest BCUT2D eigenvalue weighted by Crippen LogP contribution is 2.38. The highest BCUT2D eigenvalue weighted by molar-refractivity contribution is 6.11. The predicted octanol–water partition coefficient (Wildman–Crippen LogP) is 0.282. The lowest BCUT2D eigenvalue weighted by Crippen LogP contribution is -2.31. The average molecular weight is 310 g/mol. The molecule has 3 N–H and O–H groups in total. The Balaban J connectivity index is 2.15. The van der Waals surface area contributed by atoms with Gasteiger partial charge >= 0.3 is 0 Å². The first kappa shape index (κ1) is 16.8. The van der Waals surface area contributed by atoms with Crippen LogP contribution in [0.3, 0.4) is 0 Å². The van der Waals surface area contributed by atoms with E-state index in [0.717, 1.165) is 0 Å². The van der Waals surface area contributed by atoms with Crippen molar-refractivity contribution in [2.75, 3.05) is 6.61 Å². The number of primary amides is 1. The number of nitrogens with two attached hydrogens (primary N) is 1. The Morgan fingerprint density at radius 1 is 1.36 bits per heavy atom. The number of carbonyl (C=O) groups is 1. The minimum absolute atomic E-state index is 0.191. The van der Waals surface area contributed by atoms with E-state index >= 15 is 0 Å². The van der Waals surface area contributed by atoms with Crippen molar-refractivity contribution < 1.29 is 24.1 Å². The van der Waals surface area contributed by atoms with Gasteiger partial charge in [-0.05, 0) is 26.8 Å². The van der Waals surface area contributed by atoms with Crippen molar-refractivity contribution in [3.05, 3.63) is 23.8 Å². The highest BCUT2D eigenvalue weighted by atomic mass is 16.8. The van der Waals surface area contributed by atoms with Crippen molar-refractivity contribution in [3.8, 4) is 0 Å². The number of allylic oxidation sites excluding steroid dienone is 3. The number of aliphatic hydroxyl groups excluding tert-OH is 1. The summed E-state index contributed by atoms with van der Waals surface area (Å²) in [6, 6.07) is 0. The Labute approximate surface area is 129 Å². The Morgan fingerprint density at radius 3 is 2.64 bits per heavy atom. The number of aliphatic imine (C=N–C) groups is 1. The van der Waals surface area contributed by atoms with Gasteiger partial charge in [-0.25, -0.2) is 0 Å². The van der Waals surface area contributed by atoms with Crippen LogP contribution in [-0.4, -0.2) is 54.2 Å². The van der Waals surface area contributed by atoms with Gasteiger partial charge in [0, 0.05) is 6.21 Å². The molecule has 0 saturated carbocycles. The van der Waals surface area contributed by atoms with E-state index in [9.17, 15) is 9.90 Å². The van der Waals surface area contributed by atoms with Gasteiger partial charge < -0.3 is 25.1 Å². The third kappa shape index (κ3) is 3.61. The Kier molecular flexibility index (Phi) is 5.12. The lowest BCUT2D eigenvalue weighted by Gasteiger charge is -2.22. The Hall–Kier alpha value is -1.54. The minimum atomic E-state index is -0.756. The molecule has 22 heavy (non-hydrogen) atoms. The van der Waals surface area contributed by atoms with Crippen molar-refractivity contribution in [1.29, 1.82) is 0 Å². The number of nitrogens with zero attached hydrogens (tertiary/aromatic N) is 1. The summed E-state index contributed by atoms with van der Waals surface area (Å²) in [7, 11) is 0. The normalized spacial score (nSPS) is 34.6. The molecule has 2 rings (SSSR count). The highest BCUT2D eigenvalue weighted by Gasteiger charge is 2.54. The van der Waals surface area contributed by atoms with Gasteiger partial charge in [-0.1, -0.05) is 12.2 Å². The standard InChI is InChI=1S/C15H22N2O5/c1-4-5-6-9(13(16)19)7-17-14-12-11(10(8-18)20-14)21-15(2,3)22-12/h4-7,10-12,14,18H,8H2,1-3H3,(H2,16,19)/b5-4-,9-6+,17-7?/t10?,11-,12?,14-/m1/s1. The molecular formula is C15H22N2O5. The topological polar surface area (TPSA) is 103 Å². The fourth-order valence-corrected chi connectivity index (χ4v) is 2.47. The van der Waals surface area contributed by atoms with Gasteiger partial charge in [0.25, 0.3) is 0 Å². The van der Waals surface area contributed by atoms with Crippen LogP contribution in [0, 0.1) is 0 Å². The van der Waals surface area contributed by atoms with E-state index < -0.39 is 36.2 Å². The van der Waals surface area contributed by atoms with Crippen LogP contribution < -0.4 is 5.73 Å². The van der Waals surface area contributed by atoms with Gasteiger partial charge in [-0.2, -0.15) is 0 Å². The molecular weight excluding hydrogens is 288 g/mol. The van der Waals surface area contributed by atoms with E-state index in [1.165, 1.54) is 6.21 Å². The van der Waals surface area contributed by atoms with Crippen LogP contribution >= 0.6 is 0 Å². The summed E-state index contributed by atoms with van der Waals surface area (Å²) in [6.07, 6.45) is 4.41. The summed E-state index contributed by atoms with van der Waals surface area (Å²) < 4.78 is 17.1. The van der Waals surface area contributed by atoms with Crippen LogP contribution in [0.2, 0.25) is 0 Å². The SMILES string of the molecule is C/C=C\C=C(/C=N[C@@H]1OC(CO)[C@H]2OC(C)(C)OC21)C(N)=O. The smallest absolute Gasteiger partial charge is 0.250 e. The maximum atomic E-state index is 11.4. The third-order valence-electron chi connectivity index (χ3n) is 3.42. The van der Waals surface area contributed by atoms with Crippen molar-refractivity contribution in [1.82, 2.24) is 0 Å². The number of amides is 1. The van der Waals surface area contributed by atoms with Gasteiger partial charge in [-0.3, -0.25) is 9.79 Å². The van der Waals surface area contributed by atoms with Crippen LogP contribution in [0.4, 0.5) is 0 Å². The largest absolute Gasteiger partial charge is 0.394 e. The van der Waals surface area contributed by atoms with Crippen LogP contribution in [0.25, 0.3) is 0 Å². The number of fused-ring (bicyclic) bond motifs is 1. The Bertz CT molecular complexity index is 512. The van der Waals surface area contributed by atoms with Gasteiger partial charge in [0.1, 0.15) is 18.3 Å². The monoisotopic (exact) mass is 310 g/mol. The van der Waals surface area contributed by atoms with Crippen molar-refractivity contribution in [2.24, 2.45) is 10.7 Å². The number of aliphatic hydroxyl groups is 1. The molecule has 2 aliphatic heterocycles. The maximum absolute atomic E-state index is 11.4. The minimum Gasteiger partial charge on any atom is -0.394 e. The lowest BCUT2D eigenvalue weighted by molar-refractivity contribution is -0.189. The zero-order valence-electron chi connectivity index (χ0n) is 12.9. The summed E-state index contributed by atoms with van der Waals surface area (Å²) >= 11 is 0. The molecule has 0 spiro atoms. The number of hydrogen-bond acceptors (Lipinski definition) is 6. The second-order valence-electron chi connectivity index (χ2n) is 5.60. The molecule has 0 aromatic carbocycles. The van der Waals surface area contributed by atoms with Gasteiger partial charge in [0.15, 0.2) is 12.0 Å². The molecule has 2 aliphatic rings. The Morgan fingerprint density at radius 2 is 2.05 bits per heavy atom. The van der Waals surface area contributed by atoms with Gasteiger partial charge in [0.05, 0.1) is 12.2 Å². The predicted molar refractivity (Wildman–Crippen MR) is 80.2 cm³/mol. The summed E-state index contributed by atoms with van der Waals surface area (Å²) in [5, 5.41) is 9.38. The van der Waals surface area contributed by atoms with E-state index in [-0.39, 0.29) is 12.2 Å². The molecule has 122 valence electrons. The van der Waals surface area contributed by atoms with E-state index in [1.54, 1.807) is 32.1 Å². The molecule has 0 aliphatic carbocycles. The second kappa shape index (κ2) is 6.70. The van der Waals surface area contributed by atoms with Crippen LogP contribution in [0.15, 0.2) is 28.8 Å². The molecule has 1 amide bonds. The van der Waals surface area contributed by atoms with Crippen LogP contribution in [-0.2, 0) is 19.0 Å². The number of rotatable bonds is 5. The molecule has 0 radical (unpaired) electrons. The van der Waals surface area contributed by atoms with Crippen molar-refractivity contribution in [2.45, 2.75) is 51.1 Å². The zero-order valence-corrected chi connectivity index (χ0v) is 12.9. The molecule has 2 fully saturated rings. The fraction of sp³-hybridized carbons (Fsp3) is 0.600. The van der Waals surface area contributed by atoms with E-state index in [2.05, 4.69) is 4.99 Å². The van der Waals surface area contributed by atoms with Crippen LogP contribution in [0.1, 0.15) is 20.8 Å². The first-order valence-electron chi connectivity index (χ1n) is 7.16. The lowest BCUT2D eigenvalue weighted by atomic mass is 10.1. The second-order valence-corrected chi connectivity index (χ2v) is 5.60. The van der Waals surface area contributed by atoms with E-state index in [1.807, 2.05) is 6.92 Å². The quantitative estimate of drug-likeness (QED) is 0.431. The van der Waals surface area contributed by atoms with Gasteiger partial charge in [-0.15, -0.1) is 0 Å². The van der Waals surface area contributed by atoms with E-state index in [0.29, 0.717) is 0 Å². The fourth-order valence-electron chi connectivity index (χ4n) is 2.47. The van der Waals surface area contributed by atoms with Crippen molar-refractivity contribution >= 4 is 12.1 Å². The van der Waals surface area contributed by atoms with Gasteiger partial charge in [0.2, 0.25) is 5.91 Å². The summed E-state index contributed by atoms with van der Waals surface area (Å²) in [5.74, 6) is -1.34. The maximum Gasteiger partial charge on any atom is 0.250 e. The summed E-state index contributed by atoms with van der Waals surface area (Å²) in [5.41, 5.74) is 5.55.